The van der Waals surface area contributed by atoms with Gasteiger partial charge in [-0.3, -0.25) is 23.5 Å². The number of carbonyl (C=O) groups is 1. The number of carbonyl (C=O) groups excluding carboxylic acids is 1. The first-order valence-corrected chi connectivity index (χ1v) is 9.84. The highest BCUT2D eigenvalue weighted by molar-refractivity contribution is 8.00. The molecular formula is C18H19ClN4O4S. The number of aromatic nitrogens is 4. The Morgan fingerprint density at radius 2 is 2.00 bits per heavy atom. The monoisotopic (exact) mass is 422 g/mol. The fourth-order valence-electron chi connectivity index (χ4n) is 2.66. The number of hydrogen-bond donors (Lipinski definition) is 1. The smallest absolute Gasteiger partial charge is 0.319 e. The van der Waals surface area contributed by atoms with Gasteiger partial charge < -0.3 is 9.72 Å². The highest BCUT2D eigenvalue weighted by Crippen LogP contribution is 2.27. The Bertz CT molecular complexity index is 1130. The van der Waals surface area contributed by atoms with Gasteiger partial charge >= 0.3 is 17.1 Å². The summed E-state index contributed by atoms with van der Waals surface area (Å²) in [5.41, 5.74) is 0.225. The maximum Gasteiger partial charge on any atom is 0.319 e. The van der Waals surface area contributed by atoms with Gasteiger partial charge in [0.2, 0.25) is 0 Å². The topological polar surface area (TPSA) is 99.0 Å². The van der Waals surface area contributed by atoms with E-state index < -0.39 is 16.4 Å². The molecule has 0 fully saturated rings. The van der Waals surface area contributed by atoms with Crippen molar-refractivity contribution >= 4 is 40.6 Å². The van der Waals surface area contributed by atoms with Gasteiger partial charge in [-0.15, -0.1) is 0 Å². The highest BCUT2D eigenvalue weighted by Gasteiger charge is 2.22. The summed E-state index contributed by atoms with van der Waals surface area (Å²) in [5.74, 6) is -0.361. The van der Waals surface area contributed by atoms with Gasteiger partial charge in [-0.2, -0.15) is 0 Å². The second-order valence-corrected chi connectivity index (χ2v) is 7.85. The molecule has 1 atom stereocenters. The molecule has 3 aromatic rings. The summed E-state index contributed by atoms with van der Waals surface area (Å²) in [6, 6.07) is 7.25. The third-order valence-corrected chi connectivity index (χ3v) is 5.44. The van der Waals surface area contributed by atoms with Crippen molar-refractivity contribution in [3.63, 3.8) is 0 Å². The fourth-order valence-corrected chi connectivity index (χ4v) is 3.69. The number of imidazole rings is 1. The number of esters is 1. The van der Waals surface area contributed by atoms with Crippen LogP contribution in [0.1, 0.15) is 19.4 Å². The molecule has 0 saturated carbocycles. The summed E-state index contributed by atoms with van der Waals surface area (Å²) in [6.07, 6.45) is 0. The summed E-state index contributed by atoms with van der Waals surface area (Å²) in [6.45, 7) is 4.12. The number of H-pyrrole nitrogens is 1. The van der Waals surface area contributed by atoms with E-state index in [1.165, 1.54) is 23.4 Å². The van der Waals surface area contributed by atoms with Crippen LogP contribution in [0.4, 0.5) is 0 Å². The van der Waals surface area contributed by atoms with E-state index in [0.717, 1.165) is 5.56 Å². The summed E-state index contributed by atoms with van der Waals surface area (Å²) < 4.78 is 8.02. The SMILES string of the molecule is CCOC(=O)C(C)Sc1nc2c([nH]c(=O)c(=O)n2C)n1Cc1ccc(Cl)cc1. The minimum atomic E-state index is -0.734. The van der Waals surface area contributed by atoms with Gasteiger partial charge in [-0.25, -0.2) is 4.98 Å². The number of thioether (sulfide) groups is 1. The first kappa shape index (κ1) is 20.2. The van der Waals surface area contributed by atoms with E-state index in [0.29, 0.717) is 28.0 Å². The predicted molar refractivity (Wildman–Crippen MR) is 108 cm³/mol. The molecule has 0 aliphatic heterocycles. The standard InChI is InChI=1S/C18H19ClN4O4S/c1-4-27-17(26)10(2)28-18-21-13-14(20-15(24)16(25)22(13)3)23(18)9-11-5-7-12(19)8-6-11/h5-8,10H,4,9H2,1-3H3,(H,20,24). The Labute approximate surface area is 169 Å². The van der Waals surface area contributed by atoms with Gasteiger partial charge in [-0.1, -0.05) is 35.5 Å². The number of ether oxygens (including phenoxy) is 1. The lowest BCUT2D eigenvalue weighted by atomic mass is 10.2. The molecule has 0 amide bonds. The molecular weight excluding hydrogens is 404 g/mol. The maximum atomic E-state index is 12.0. The van der Waals surface area contributed by atoms with Crippen molar-refractivity contribution in [3.8, 4) is 0 Å². The Kier molecular flexibility index (Phi) is 5.95. The van der Waals surface area contributed by atoms with Crippen LogP contribution in [0.5, 0.6) is 0 Å². The first-order chi connectivity index (χ1) is 13.3. The average molecular weight is 423 g/mol. The van der Waals surface area contributed by atoms with Crippen molar-refractivity contribution in [1.29, 1.82) is 0 Å². The van der Waals surface area contributed by atoms with E-state index in [-0.39, 0.29) is 12.6 Å². The molecule has 0 saturated heterocycles. The van der Waals surface area contributed by atoms with E-state index >= 15 is 0 Å². The van der Waals surface area contributed by atoms with Gasteiger partial charge in [-0.05, 0) is 31.5 Å². The minimum Gasteiger partial charge on any atom is -0.465 e. The van der Waals surface area contributed by atoms with Gasteiger partial charge in [0.1, 0.15) is 5.25 Å². The average Bonchev–Trinajstić information content (AvgIpc) is 2.99. The zero-order valence-electron chi connectivity index (χ0n) is 15.6. The molecule has 0 aliphatic carbocycles. The molecule has 3 rings (SSSR count). The van der Waals surface area contributed by atoms with E-state index in [9.17, 15) is 14.4 Å². The summed E-state index contributed by atoms with van der Waals surface area (Å²) in [4.78, 5) is 43.1. The second kappa shape index (κ2) is 8.24. The predicted octanol–water partition coefficient (Wildman–Crippen LogP) is 2.17. The molecule has 2 heterocycles. The van der Waals surface area contributed by atoms with E-state index in [2.05, 4.69) is 9.97 Å². The molecule has 1 aromatic carbocycles. The molecule has 0 bridgehead atoms. The second-order valence-electron chi connectivity index (χ2n) is 6.11. The van der Waals surface area contributed by atoms with Crippen molar-refractivity contribution in [1.82, 2.24) is 19.1 Å². The zero-order chi connectivity index (χ0) is 20.4. The number of nitrogens with zero attached hydrogens (tertiary/aromatic N) is 3. The van der Waals surface area contributed by atoms with Crippen molar-refractivity contribution < 1.29 is 9.53 Å². The number of aromatic amines is 1. The maximum absolute atomic E-state index is 12.0. The molecule has 1 N–H and O–H groups in total. The first-order valence-electron chi connectivity index (χ1n) is 8.59. The van der Waals surface area contributed by atoms with Gasteiger partial charge in [0.25, 0.3) is 0 Å². The van der Waals surface area contributed by atoms with Crippen molar-refractivity contribution in [2.24, 2.45) is 7.05 Å². The molecule has 2 aromatic heterocycles. The number of halogens is 1. The number of nitrogens with one attached hydrogen (secondary N) is 1. The van der Waals surface area contributed by atoms with E-state index in [1.807, 2.05) is 12.1 Å². The lowest BCUT2D eigenvalue weighted by molar-refractivity contribution is -0.142. The summed E-state index contributed by atoms with van der Waals surface area (Å²) in [5, 5.41) is 0.590. The number of fused-ring (bicyclic) bond motifs is 1. The van der Waals surface area contributed by atoms with E-state index in [4.69, 9.17) is 16.3 Å². The number of benzene rings is 1. The van der Waals surface area contributed by atoms with Crippen LogP contribution < -0.4 is 11.1 Å². The van der Waals surface area contributed by atoms with Crippen molar-refractivity contribution in [2.75, 3.05) is 6.61 Å². The molecule has 28 heavy (non-hydrogen) atoms. The lowest BCUT2D eigenvalue weighted by Crippen LogP contribution is -2.35. The van der Waals surface area contributed by atoms with Crippen LogP contribution in [0.3, 0.4) is 0 Å². The van der Waals surface area contributed by atoms with Gasteiger partial charge in [0, 0.05) is 12.1 Å². The molecule has 10 heteroatoms. The van der Waals surface area contributed by atoms with Crippen LogP contribution in [-0.2, 0) is 23.1 Å². The van der Waals surface area contributed by atoms with E-state index in [1.54, 1.807) is 30.5 Å². The molecule has 0 aliphatic rings. The number of hydrogen-bond acceptors (Lipinski definition) is 6. The zero-order valence-corrected chi connectivity index (χ0v) is 17.1. The van der Waals surface area contributed by atoms with Gasteiger partial charge in [0.15, 0.2) is 16.5 Å². The Morgan fingerprint density at radius 3 is 2.64 bits per heavy atom. The Morgan fingerprint density at radius 1 is 1.32 bits per heavy atom. The summed E-state index contributed by atoms with van der Waals surface area (Å²) in [7, 11) is 1.49. The Balaban J connectivity index is 2.11. The fraction of sp³-hybridized carbons (Fsp3) is 0.333. The molecule has 8 nitrogen and oxygen atoms in total. The summed E-state index contributed by atoms with van der Waals surface area (Å²) >= 11 is 7.15. The van der Waals surface area contributed by atoms with Gasteiger partial charge in [0.05, 0.1) is 13.2 Å². The third kappa shape index (κ3) is 4.00. The highest BCUT2D eigenvalue weighted by atomic mass is 35.5. The third-order valence-electron chi connectivity index (χ3n) is 4.12. The van der Waals surface area contributed by atoms with Crippen LogP contribution in [0.2, 0.25) is 5.02 Å². The van der Waals surface area contributed by atoms with Crippen LogP contribution >= 0.6 is 23.4 Å². The molecule has 1 unspecified atom stereocenters. The quantitative estimate of drug-likeness (QED) is 0.371. The largest absolute Gasteiger partial charge is 0.465 e. The van der Waals surface area contributed by atoms with Crippen LogP contribution in [0.25, 0.3) is 11.3 Å². The molecule has 148 valence electrons. The minimum absolute atomic E-state index is 0.284. The van der Waals surface area contributed by atoms with Crippen LogP contribution in [-0.4, -0.2) is 36.9 Å². The Hall–Kier alpha value is -2.52. The van der Waals surface area contributed by atoms with Crippen LogP contribution in [0.15, 0.2) is 39.0 Å². The number of rotatable bonds is 6. The van der Waals surface area contributed by atoms with Crippen molar-refractivity contribution in [2.45, 2.75) is 30.8 Å². The van der Waals surface area contributed by atoms with Crippen molar-refractivity contribution in [3.05, 3.63) is 55.6 Å². The molecule has 0 spiro atoms. The van der Waals surface area contributed by atoms with Crippen LogP contribution in [0, 0.1) is 0 Å². The molecule has 0 radical (unpaired) electrons. The lowest BCUT2D eigenvalue weighted by Gasteiger charge is -2.12. The normalized spacial score (nSPS) is 12.3. The number of aryl methyl sites for hydroxylation is 1.